The Morgan fingerprint density at radius 1 is 1.24 bits per heavy atom. The minimum absolute atomic E-state index is 0.208. The van der Waals surface area contributed by atoms with Crippen molar-refractivity contribution in [2.45, 2.75) is 78.0 Å². The molecule has 5 nitrogen and oxygen atoms in total. The van der Waals surface area contributed by atoms with Crippen LogP contribution in [0.2, 0.25) is 0 Å². The molecule has 2 rings (SSSR count). The summed E-state index contributed by atoms with van der Waals surface area (Å²) in [6.45, 7) is 8.68. The molecule has 0 bridgehead atoms. The van der Waals surface area contributed by atoms with E-state index >= 15 is 0 Å². The number of hydrogen-bond donors (Lipinski definition) is 1. The number of benzene rings is 1. The van der Waals surface area contributed by atoms with E-state index in [1.807, 2.05) is 50.8 Å². The lowest BCUT2D eigenvalue weighted by Crippen LogP contribution is -2.43. The molecule has 1 aromatic carbocycles. The summed E-state index contributed by atoms with van der Waals surface area (Å²) in [7, 11) is 0. The summed E-state index contributed by atoms with van der Waals surface area (Å²) in [6.07, 6.45) is 5.32. The van der Waals surface area contributed by atoms with Crippen LogP contribution in [0.15, 0.2) is 18.2 Å². The molecule has 0 aliphatic heterocycles. The Labute approximate surface area is 151 Å². The van der Waals surface area contributed by atoms with Crippen molar-refractivity contribution in [2.24, 2.45) is 0 Å². The topological polar surface area (TPSA) is 64.8 Å². The molecule has 5 heteroatoms. The molecule has 1 fully saturated rings. The highest BCUT2D eigenvalue weighted by atomic mass is 16.6. The highest BCUT2D eigenvalue weighted by Gasteiger charge is 2.30. The Bertz CT molecular complexity index is 575. The van der Waals surface area contributed by atoms with E-state index < -0.39 is 5.60 Å². The average Bonchev–Trinajstić information content (AvgIpc) is 2.54. The minimum atomic E-state index is -0.511. The van der Waals surface area contributed by atoms with Crippen molar-refractivity contribution in [2.75, 3.05) is 12.3 Å². The normalized spacial score (nSPS) is 15.7. The molecule has 0 radical (unpaired) electrons. The fourth-order valence-corrected chi connectivity index (χ4v) is 3.26. The van der Waals surface area contributed by atoms with E-state index in [9.17, 15) is 4.79 Å². The summed E-state index contributed by atoms with van der Waals surface area (Å²) in [4.78, 5) is 14.7. The van der Waals surface area contributed by atoms with Crippen molar-refractivity contribution in [3.63, 3.8) is 0 Å². The van der Waals surface area contributed by atoms with E-state index in [1.54, 1.807) is 0 Å². The predicted molar refractivity (Wildman–Crippen MR) is 101 cm³/mol. The molecule has 1 amide bonds. The molecule has 0 heterocycles. The maximum Gasteiger partial charge on any atom is 0.410 e. The second-order valence-electron chi connectivity index (χ2n) is 7.70. The smallest absolute Gasteiger partial charge is 0.410 e. The Morgan fingerprint density at radius 3 is 2.52 bits per heavy atom. The molecule has 0 aromatic heterocycles. The van der Waals surface area contributed by atoms with Gasteiger partial charge >= 0.3 is 6.09 Å². The van der Waals surface area contributed by atoms with Crippen molar-refractivity contribution < 1.29 is 14.3 Å². The summed E-state index contributed by atoms with van der Waals surface area (Å²) in [5.74, 6) is 0.779. The van der Waals surface area contributed by atoms with Crippen LogP contribution in [0.25, 0.3) is 0 Å². The van der Waals surface area contributed by atoms with E-state index in [0.29, 0.717) is 18.8 Å². The number of carbonyl (C=O) groups is 1. The van der Waals surface area contributed by atoms with Crippen LogP contribution in [0.5, 0.6) is 5.75 Å². The molecule has 140 valence electrons. The zero-order chi connectivity index (χ0) is 18.4. The average molecular weight is 348 g/mol. The molecule has 0 unspecified atom stereocenters. The first-order valence-corrected chi connectivity index (χ1v) is 9.31. The van der Waals surface area contributed by atoms with Gasteiger partial charge in [0.25, 0.3) is 0 Å². The first kappa shape index (κ1) is 19.4. The van der Waals surface area contributed by atoms with Crippen molar-refractivity contribution in [1.29, 1.82) is 0 Å². The van der Waals surface area contributed by atoms with E-state index in [1.165, 1.54) is 6.42 Å². The van der Waals surface area contributed by atoms with Gasteiger partial charge in [0, 0.05) is 17.3 Å². The van der Waals surface area contributed by atoms with Gasteiger partial charge in [-0.15, -0.1) is 0 Å². The predicted octanol–water partition coefficient (Wildman–Crippen LogP) is 4.74. The van der Waals surface area contributed by atoms with Crippen LogP contribution < -0.4 is 10.5 Å². The third-order valence-corrected chi connectivity index (χ3v) is 4.37. The van der Waals surface area contributed by atoms with Crippen LogP contribution in [0.4, 0.5) is 10.5 Å². The molecule has 0 atom stereocenters. The highest BCUT2D eigenvalue weighted by molar-refractivity contribution is 5.69. The SMILES string of the molecule is CCOc1ccc(N)cc1CN(C(=O)OC(C)(C)C)C1CCCCC1. The van der Waals surface area contributed by atoms with Gasteiger partial charge in [-0.25, -0.2) is 4.79 Å². The number of nitrogens with two attached hydrogens (primary N) is 1. The maximum absolute atomic E-state index is 12.8. The van der Waals surface area contributed by atoms with Crippen LogP contribution in [-0.2, 0) is 11.3 Å². The van der Waals surface area contributed by atoms with Gasteiger partial charge < -0.3 is 20.1 Å². The van der Waals surface area contributed by atoms with Crippen LogP contribution in [0.3, 0.4) is 0 Å². The second kappa shape index (κ2) is 8.45. The van der Waals surface area contributed by atoms with Crippen LogP contribution in [0.1, 0.15) is 65.4 Å². The standard InChI is InChI=1S/C20H32N2O3/c1-5-24-18-12-11-16(21)13-15(18)14-22(17-9-7-6-8-10-17)19(23)25-20(2,3)4/h11-13,17H,5-10,14,21H2,1-4H3. The van der Waals surface area contributed by atoms with Gasteiger partial charge in [0.2, 0.25) is 0 Å². The Kier molecular flexibility index (Phi) is 6.57. The van der Waals surface area contributed by atoms with E-state index in [0.717, 1.165) is 37.0 Å². The quantitative estimate of drug-likeness (QED) is 0.781. The number of nitrogen functional groups attached to an aromatic ring is 1. The van der Waals surface area contributed by atoms with Crippen molar-refractivity contribution >= 4 is 11.8 Å². The molecule has 1 aliphatic rings. The van der Waals surface area contributed by atoms with Crippen molar-refractivity contribution in [1.82, 2.24) is 4.90 Å². The summed E-state index contributed by atoms with van der Waals surface area (Å²) < 4.78 is 11.4. The Balaban J connectivity index is 2.26. The number of hydrogen-bond acceptors (Lipinski definition) is 4. The summed E-state index contributed by atoms with van der Waals surface area (Å²) in [5, 5.41) is 0. The van der Waals surface area contributed by atoms with Gasteiger partial charge in [0.1, 0.15) is 11.4 Å². The zero-order valence-corrected chi connectivity index (χ0v) is 16.0. The van der Waals surface area contributed by atoms with E-state index in [-0.39, 0.29) is 12.1 Å². The zero-order valence-electron chi connectivity index (χ0n) is 16.0. The molecule has 1 aliphatic carbocycles. The fraction of sp³-hybridized carbons (Fsp3) is 0.650. The highest BCUT2D eigenvalue weighted by Crippen LogP contribution is 2.29. The van der Waals surface area contributed by atoms with Crippen molar-refractivity contribution in [3.05, 3.63) is 23.8 Å². The van der Waals surface area contributed by atoms with Gasteiger partial charge in [-0.1, -0.05) is 19.3 Å². The summed E-state index contributed by atoms with van der Waals surface area (Å²) in [5.41, 5.74) is 7.06. The van der Waals surface area contributed by atoms with Gasteiger partial charge in [0.15, 0.2) is 0 Å². The lowest BCUT2D eigenvalue weighted by atomic mass is 9.94. The van der Waals surface area contributed by atoms with E-state index in [4.69, 9.17) is 15.2 Å². The van der Waals surface area contributed by atoms with Crippen molar-refractivity contribution in [3.8, 4) is 5.75 Å². The van der Waals surface area contributed by atoms with Gasteiger partial charge in [-0.3, -0.25) is 0 Å². The largest absolute Gasteiger partial charge is 0.494 e. The second-order valence-corrected chi connectivity index (χ2v) is 7.70. The Morgan fingerprint density at radius 2 is 1.92 bits per heavy atom. The van der Waals surface area contributed by atoms with Crippen LogP contribution in [-0.4, -0.2) is 29.2 Å². The molecule has 25 heavy (non-hydrogen) atoms. The minimum Gasteiger partial charge on any atom is -0.494 e. The van der Waals surface area contributed by atoms with Gasteiger partial charge in [-0.05, 0) is 58.7 Å². The van der Waals surface area contributed by atoms with Gasteiger partial charge in [0.05, 0.1) is 13.2 Å². The fourth-order valence-electron chi connectivity index (χ4n) is 3.26. The molecule has 2 N–H and O–H groups in total. The number of ether oxygens (including phenoxy) is 2. The monoisotopic (exact) mass is 348 g/mol. The number of rotatable bonds is 5. The molecule has 1 saturated carbocycles. The molecule has 0 spiro atoms. The Hall–Kier alpha value is -1.91. The summed E-state index contributed by atoms with van der Waals surface area (Å²) in [6, 6.07) is 5.81. The van der Waals surface area contributed by atoms with E-state index in [2.05, 4.69) is 0 Å². The first-order chi connectivity index (χ1) is 11.8. The number of nitrogens with zero attached hydrogens (tertiary/aromatic N) is 1. The molecule has 0 saturated heterocycles. The van der Waals surface area contributed by atoms with Gasteiger partial charge in [-0.2, -0.15) is 0 Å². The first-order valence-electron chi connectivity index (χ1n) is 9.31. The van der Waals surface area contributed by atoms with Crippen LogP contribution in [0, 0.1) is 0 Å². The third kappa shape index (κ3) is 5.83. The summed E-state index contributed by atoms with van der Waals surface area (Å²) >= 11 is 0. The molecular weight excluding hydrogens is 316 g/mol. The molecule has 1 aromatic rings. The number of carbonyl (C=O) groups excluding carboxylic acids is 1. The number of anilines is 1. The molecular formula is C20H32N2O3. The lowest BCUT2D eigenvalue weighted by Gasteiger charge is -2.36. The third-order valence-electron chi connectivity index (χ3n) is 4.37. The maximum atomic E-state index is 12.8. The van der Waals surface area contributed by atoms with Crippen LogP contribution >= 0.6 is 0 Å². The lowest BCUT2D eigenvalue weighted by molar-refractivity contribution is 0.00973. The number of amides is 1.